The van der Waals surface area contributed by atoms with Gasteiger partial charge in [-0.25, -0.2) is 4.79 Å². The highest BCUT2D eigenvalue weighted by atomic mass is 32.1. The summed E-state index contributed by atoms with van der Waals surface area (Å²) in [6.07, 6.45) is 0. The van der Waals surface area contributed by atoms with E-state index in [9.17, 15) is 9.59 Å². The van der Waals surface area contributed by atoms with Crippen molar-refractivity contribution >= 4 is 40.4 Å². The second-order valence-corrected chi connectivity index (χ2v) is 6.98. The number of aromatic nitrogens is 2. The molecule has 0 fully saturated rings. The quantitative estimate of drug-likeness (QED) is 0.878. The van der Waals surface area contributed by atoms with Gasteiger partial charge in [0.25, 0.3) is 5.91 Å². The van der Waals surface area contributed by atoms with Crippen molar-refractivity contribution in [3.8, 4) is 0 Å². The predicted octanol–water partition coefficient (Wildman–Crippen LogP) is 2.94. The van der Waals surface area contributed by atoms with Gasteiger partial charge in [0.2, 0.25) is 0 Å². The van der Waals surface area contributed by atoms with Crippen LogP contribution in [0.3, 0.4) is 0 Å². The van der Waals surface area contributed by atoms with Gasteiger partial charge in [-0.15, -0.1) is 16.4 Å². The molecule has 2 aromatic rings. The summed E-state index contributed by atoms with van der Waals surface area (Å²) in [6, 6.07) is 1.67. The lowest BCUT2D eigenvalue weighted by Crippen LogP contribution is -2.20. The van der Waals surface area contributed by atoms with Crippen molar-refractivity contribution in [1.82, 2.24) is 9.59 Å². The molecule has 0 aliphatic carbocycles. The van der Waals surface area contributed by atoms with Crippen LogP contribution in [-0.2, 0) is 10.2 Å². The summed E-state index contributed by atoms with van der Waals surface area (Å²) in [4.78, 5) is 24.8. The Hall–Kier alpha value is -1.80. The van der Waals surface area contributed by atoms with Gasteiger partial charge >= 0.3 is 5.97 Å². The van der Waals surface area contributed by atoms with Gasteiger partial charge in [0.05, 0.1) is 18.5 Å². The molecular weight excluding hydrogens is 310 g/mol. The van der Waals surface area contributed by atoms with Crippen LogP contribution in [0.5, 0.6) is 0 Å². The third kappa shape index (κ3) is 3.27. The van der Waals surface area contributed by atoms with E-state index in [0.29, 0.717) is 21.1 Å². The van der Waals surface area contributed by atoms with E-state index in [-0.39, 0.29) is 11.3 Å². The van der Waals surface area contributed by atoms with E-state index in [1.807, 2.05) is 20.8 Å². The molecule has 1 N–H and O–H groups in total. The second-order valence-electron chi connectivity index (χ2n) is 5.31. The van der Waals surface area contributed by atoms with Crippen LogP contribution in [0, 0.1) is 0 Å². The number of hydrogen-bond donors (Lipinski definition) is 1. The number of nitrogens with one attached hydrogen (secondary N) is 1. The third-order valence-corrected chi connectivity index (χ3v) is 4.31. The summed E-state index contributed by atoms with van der Waals surface area (Å²) in [6.45, 7) is 5.89. The first kappa shape index (κ1) is 15.6. The first-order chi connectivity index (χ1) is 9.84. The molecule has 0 aliphatic heterocycles. The zero-order valence-corrected chi connectivity index (χ0v) is 13.7. The van der Waals surface area contributed by atoms with Crippen molar-refractivity contribution in [3.05, 3.63) is 26.9 Å². The Bertz CT molecular complexity index is 670. The zero-order chi connectivity index (χ0) is 15.6. The maximum absolute atomic E-state index is 12.4. The summed E-state index contributed by atoms with van der Waals surface area (Å²) >= 11 is 2.25. The van der Waals surface area contributed by atoms with Gasteiger partial charge in [-0.05, 0) is 23.0 Å². The van der Waals surface area contributed by atoms with Gasteiger partial charge in [0.15, 0.2) is 0 Å². The fourth-order valence-electron chi connectivity index (χ4n) is 1.67. The van der Waals surface area contributed by atoms with Crippen molar-refractivity contribution in [3.63, 3.8) is 0 Å². The Labute approximate surface area is 130 Å². The van der Waals surface area contributed by atoms with Crippen molar-refractivity contribution in [2.45, 2.75) is 26.2 Å². The summed E-state index contributed by atoms with van der Waals surface area (Å²) in [5.41, 5.74) is 0.796. The number of thiophene rings is 1. The number of amides is 1. The third-order valence-electron chi connectivity index (χ3n) is 2.69. The monoisotopic (exact) mass is 325 g/mol. The molecule has 112 valence electrons. The minimum atomic E-state index is -0.473. The number of rotatable bonds is 3. The fourth-order valence-corrected chi connectivity index (χ4v) is 3.21. The molecule has 0 saturated carbocycles. The van der Waals surface area contributed by atoms with Crippen LogP contribution in [-0.4, -0.2) is 28.6 Å². The highest BCUT2D eigenvalue weighted by Gasteiger charge is 2.27. The van der Waals surface area contributed by atoms with Crippen LogP contribution in [0.1, 0.15) is 45.8 Å². The number of ether oxygens (including phenoxy) is 1. The lowest BCUT2D eigenvalue weighted by Gasteiger charge is -2.16. The first-order valence-electron chi connectivity index (χ1n) is 6.14. The molecule has 6 nitrogen and oxygen atoms in total. The smallest absolute Gasteiger partial charge is 0.350 e. The summed E-state index contributed by atoms with van der Waals surface area (Å²) in [5.74, 6) is -0.794. The molecule has 0 aliphatic rings. The first-order valence-corrected chi connectivity index (χ1v) is 7.80. The SMILES string of the molecule is COC(=O)c1sccc1NC(=O)c1snnc1C(C)(C)C. The summed E-state index contributed by atoms with van der Waals surface area (Å²) in [7, 11) is 1.30. The van der Waals surface area contributed by atoms with E-state index in [2.05, 4.69) is 19.6 Å². The van der Waals surface area contributed by atoms with Crippen molar-refractivity contribution in [2.75, 3.05) is 12.4 Å². The lowest BCUT2D eigenvalue weighted by atomic mass is 9.91. The largest absolute Gasteiger partial charge is 0.465 e. The van der Waals surface area contributed by atoms with E-state index >= 15 is 0 Å². The number of hydrogen-bond acceptors (Lipinski definition) is 7. The van der Waals surface area contributed by atoms with E-state index in [1.165, 1.54) is 18.4 Å². The molecule has 1 amide bonds. The Morgan fingerprint density at radius 3 is 2.62 bits per heavy atom. The molecule has 0 radical (unpaired) electrons. The van der Waals surface area contributed by atoms with Crippen molar-refractivity contribution in [2.24, 2.45) is 0 Å². The molecule has 0 spiro atoms. The van der Waals surface area contributed by atoms with E-state index in [1.54, 1.807) is 11.4 Å². The van der Waals surface area contributed by atoms with E-state index in [0.717, 1.165) is 11.5 Å². The van der Waals surface area contributed by atoms with Crippen LogP contribution in [0.15, 0.2) is 11.4 Å². The standard InChI is InChI=1S/C13H15N3O3S2/c1-13(2,3)10-9(21-16-15-10)11(17)14-7-5-6-20-8(7)12(18)19-4/h5-6H,1-4H3,(H,14,17). The minimum Gasteiger partial charge on any atom is -0.465 e. The van der Waals surface area contributed by atoms with Crippen LogP contribution >= 0.6 is 22.9 Å². The number of nitrogens with zero attached hydrogens (tertiary/aromatic N) is 2. The van der Waals surface area contributed by atoms with Crippen LogP contribution in [0.2, 0.25) is 0 Å². The van der Waals surface area contributed by atoms with Gasteiger partial charge in [0, 0.05) is 5.41 Å². The molecular formula is C13H15N3O3S2. The minimum absolute atomic E-state index is 0.278. The van der Waals surface area contributed by atoms with Crippen molar-refractivity contribution in [1.29, 1.82) is 0 Å². The maximum Gasteiger partial charge on any atom is 0.350 e. The number of methoxy groups -OCH3 is 1. The zero-order valence-electron chi connectivity index (χ0n) is 12.1. The molecule has 21 heavy (non-hydrogen) atoms. The number of anilines is 1. The molecule has 0 aromatic carbocycles. The van der Waals surface area contributed by atoms with Crippen LogP contribution in [0.4, 0.5) is 5.69 Å². The molecule has 0 atom stereocenters. The Morgan fingerprint density at radius 1 is 1.29 bits per heavy atom. The average Bonchev–Trinajstić information content (AvgIpc) is 3.05. The maximum atomic E-state index is 12.4. The molecule has 0 unspecified atom stereocenters. The Kier molecular flexibility index (Phi) is 4.38. The Morgan fingerprint density at radius 2 is 2.00 bits per heavy atom. The second kappa shape index (κ2) is 5.90. The normalized spacial score (nSPS) is 11.2. The topological polar surface area (TPSA) is 81.2 Å². The number of carbonyl (C=O) groups is 2. The van der Waals surface area contributed by atoms with Gasteiger partial charge in [-0.3, -0.25) is 4.79 Å². The molecule has 0 bridgehead atoms. The lowest BCUT2D eigenvalue weighted by molar-refractivity contribution is 0.0607. The van der Waals surface area contributed by atoms with E-state index in [4.69, 9.17) is 0 Å². The molecule has 0 saturated heterocycles. The number of esters is 1. The molecule has 2 rings (SSSR count). The summed E-state index contributed by atoms with van der Waals surface area (Å²) in [5, 5.41) is 8.47. The highest BCUT2D eigenvalue weighted by molar-refractivity contribution is 7.12. The Balaban J connectivity index is 2.26. The predicted molar refractivity (Wildman–Crippen MR) is 82.2 cm³/mol. The van der Waals surface area contributed by atoms with Crippen LogP contribution < -0.4 is 5.32 Å². The van der Waals surface area contributed by atoms with Gasteiger partial charge in [-0.1, -0.05) is 25.3 Å². The summed E-state index contributed by atoms with van der Waals surface area (Å²) < 4.78 is 8.54. The van der Waals surface area contributed by atoms with Gasteiger partial charge in [-0.2, -0.15) is 0 Å². The van der Waals surface area contributed by atoms with Gasteiger partial charge < -0.3 is 10.1 Å². The highest BCUT2D eigenvalue weighted by Crippen LogP contribution is 2.28. The van der Waals surface area contributed by atoms with Crippen molar-refractivity contribution < 1.29 is 14.3 Å². The molecule has 8 heteroatoms. The number of carbonyl (C=O) groups excluding carboxylic acids is 2. The fraction of sp³-hybridized carbons (Fsp3) is 0.385. The molecule has 2 aromatic heterocycles. The van der Waals surface area contributed by atoms with E-state index < -0.39 is 5.97 Å². The average molecular weight is 325 g/mol. The molecule has 2 heterocycles. The van der Waals surface area contributed by atoms with Gasteiger partial charge in [0.1, 0.15) is 9.75 Å². The van der Waals surface area contributed by atoms with Crippen LogP contribution in [0.25, 0.3) is 0 Å².